The number of aliphatic carboxylic acids is 1. The van der Waals surface area contributed by atoms with Crippen molar-refractivity contribution in [2.45, 2.75) is 38.1 Å². The minimum Gasteiger partial charge on any atom is -0.481 e. The Kier molecular flexibility index (Phi) is 4.59. The number of carboxylic acid groups (broad SMARTS) is 1. The lowest BCUT2D eigenvalue weighted by atomic mass is 9.88. The van der Waals surface area contributed by atoms with Crippen molar-refractivity contribution in [3.63, 3.8) is 0 Å². The van der Waals surface area contributed by atoms with Gasteiger partial charge < -0.3 is 10.8 Å². The van der Waals surface area contributed by atoms with Gasteiger partial charge in [0.15, 0.2) is 0 Å². The molecule has 1 atom stereocenters. The zero-order valence-electron chi connectivity index (χ0n) is 7.55. The highest BCUT2D eigenvalue weighted by molar-refractivity contribution is 5.68. The zero-order valence-corrected chi connectivity index (χ0v) is 7.55. The summed E-state index contributed by atoms with van der Waals surface area (Å²) in [6.45, 7) is 5.48. The van der Waals surface area contributed by atoms with Gasteiger partial charge in [-0.3, -0.25) is 4.79 Å². The van der Waals surface area contributed by atoms with Crippen LogP contribution in [0.3, 0.4) is 0 Å². The van der Waals surface area contributed by atoms with E-state index < -0.39 is 11.5 Å². The zero-order chi connectivity index (χ0) is 9.61. The SMILES string of the molecule is C=CCC[C@](N)(CC)CC(=O)O. The van der Waals surface area contributed by atoms with E-state index in [0.29, 0.717) is 12.8 Å². The van der Waals surface area contributed by atoms with Gasteiger partial charge in [0.1, 0.15) is 0 Å². The normalized spacial score (nSPS) is 15.2. The second-order valence-electron chi connectivity index (χ2n) is 3.11. The molecule has 0 aromatic heterocycles. The predicted octanol–water partition coefficient (Wildman–Crippen LogP) is 1.53. The average molecular weight is 171 g/mol. The molecule has 3 nitrogen and oxygen atoms in total. The third-order valence-corrected chi connectivity index (χ3v) is 2.05. The van der Waals surface area contributed by atoms with E-state index in [1.54, 1.807) is 6.08 Å². The molecule has 0 aromatic carbocycles. The topological polar surface area (TPSA) is 63.3 Å². The fraction of sp³-hybridized carbons (Fsp3) is 0.667. The van der Waals surface area contributed by atoms with E-state index in [9.17, 15) is 4.79 Å². The van der Waals surface area contributed by atoms with Crippen LogP contribution in [0.1, 0.15) is 32.6 Å². The molecule has 0 radical (unpaired) electrons. The molecular weight excluding hydrogens is 154 g/mol. The van der Waals surface area contributed by atoms with E-state index >= 15 is 0 Å². The van der Waals surface area contributed by atoms with Gasteiger partial charge in [0.25, 0.3) is 0 Å². The number of hydrogen-bond donors (Lipinski definition) is 2. The lowest BCUT2D eigenvalue weighted by Gasteiger charge is -2.25. The highest BCUT2D eigenvalue weighted by Crippen LogP contribution is 2.18. The molecule has 0 unspecified atom stereocenters. The van der Waals surface area contributed by atoms with Gasteiger partial charge in [-0.1, -0.05) is 13.0 Å². The molecule has 0 aliphatic rings. The van der Waals surface area contributed by atoms with Crippen molar-refractivity contribution in [2.75, 3.05) is 0 Å². The number of hydrogen-bond acceptors (Lipinski definition) is 2. The second kappa shape index (κ2) is 4.93. The minimum absolute atomic E-state index is 0.0390. The van der Waals surface area contributed by atoms with Crippen molar-refractivity contribution >= 4 is 5.97 Å². The first kappa shape index (κ1) is 11.2. The van der Waals surface area contributed by atoms with E-state index in [4.69, 9.17) is 10.8 Å². The third-order valence-electron chi connectivity index (χ3n) is 2.05. The molecule has 0 rings (SSSR count). The Bertz CT molecular complexity index is 168. The number of rotatable bonds is 6. The monoisotopic (exact) mass is 171 g/mol. The quantitative estimate of drug-likeness (QED) is 0.596. The molecule has 0 amide bonds. The first-order valence-electron chi connectivity index (χ1n) is 4.15. The third kappa shape index (κ3) is 4.13. The van der Waals surface area contributed by atoms with Crippen LogP contribution in [0.2, 0.25) is 0 Å². The van der Waals surface area contributed by atoms with Crippen molar-refractivity contribution in [2.24, 2.45) is 5.73 Å². The van der Waals surface area contributed by atoms with Gasteiger partial charge in [-0.15, -0.1) is 6.58 Å². The molecule has 0 aliphatic heterocycles. The number of carbonyl (C=O) groups is 1. The van der Waals surface area contributed by atoms with Crippen LogP contribution >= 0.6 is 0 Å². The highest BCUT2D eigenvalue weighted by Gasteiger charge is 2.24. The van der Waals surface area contributed by atoms with Crippen LogP contribution in [0.5, 0.6) is 0 Å². The average Bonchev–Trinajstić information content (AvgIpc) is 2.00. The first-order chi connectivity index (χ1) is 5.54. The summed E-state index contributed by atoms with van der Waals surface area (Å²) < 4.78 is 0. The molecule has 0 heterocycles. The molecule has 3 N–H and O–H groups in total. The number of nitrogens with two attached hydrogens (primary N) is 1. The van der Waals surface area contributed by atoms with E-state index in [1.807, 2.05) is 6.92 Å². The molecule has 70 valence electrons. The van der Waals surface area contributed by atoms with E-state index in [2.05, 4.69) is 6.58 Å². The van der Waals surface area contributed by atoms with Crippen LogP contribution in [0.15, 0.2) is 12.7 Å². The molecule has 0 aliphatic carbocycles. The number of allylic oxidation sites excluding steroid dienone is 1. The summed E-state index contributed by atoms with van der Waals surface area (Å²) in [5.41, 5.74) is 5.30. The van der Waals surface area contributed by atoms with Crippen LogP contribution < -0.4 is 5.73 Å². The van der Waals surface area contributed by atoms with Crippen molar-refractivity contribution in [1.29, 1.82) is 0 Å². The maximum absolute atomic E-state index is 10.4. The largest absolute Gasteiger partial charge is 0.481 e. The maximum Gasteiger partial charge on any atom is 0.305 e. The molecule has 0 saturated heterocycles. The van der Waals surface area contributed by atoms with Crippen molar-refractivity contribution < 1.29 is 9.90 Å². The van der Waals surface area contributed by atoms with Crippen LogP contribution in [0.4, 0.5) is 0 Å². The van der Waals surface area contributed by atoms with E-state index in [-0.39, 0.29) is 6.42 Å². The van der Waals surface area contributed by atoms with Crippen LogP contribution in [-0.2, 0) is 4.79 Å². The predicted molar refractivity (Wildman–Crippen MR) is 48.9 cm³/mol. The lowest BCUT2D eigenvalue weighted by molar-refractivity contribution is -0.138. The van der Waals surface area contributed by atoms with E-state index in [0.717, 1.165) is 6.42 Å². The van der Waals surface area contributed by atoms with Gasteiger partial charge in [-0.05, 0) is 19.3 Å². The molecule has 3 heteroatoms. The van der Waals surface area contributed by atoms with Crippen LogP contribution in [0, 0.1) is 0 Å². The molecule has 0 spiro atoms. The van der Waals surface area contributed by atoms with Gasteiger partial charge in [-0.2, -0.15) is 0 Å². The summed E-state index contributed by atoms with van der Waals surface area (Å²) >= 11 is 0. The molecule has 0 fully saturated rings. The summed E-state index contributed by atoms with van der Waals surface area (Å²) in [4.78, 5) is 10.4. The van der Waals surface area contributed by atoms with E-state index in [1.165, 1.54) is 0 Å². The van der Waals surface area contributed by atoms with Crippen molar-refractivity contribution in [3.8, 4) is 0 Å². The highest BCUT2D eigenvalue weighted by atomic mass is 16.4. The number of carboxylic acids is 1. The van der Waals surface area contributed by atoms with Crippen LogP contribution in [0.25, 0.3) is 0 Å². The Morgan fingerprint density at radius 1 is 1.75 bits per heavy atom. The van der Waals surface area contributed by atoms with Gasteiger partial charge >= 0.3 is 5.97 Å². The second-order valence-corrected chi connectivity index (χ2v) is 3.11. The Morgan fingerprint density at radius 2 is 2.33 bits per heavy atom. The Hall–Kier alpha value is -0.830. The fourth-order valence-electron chi connectivity index (χ4n) is 1.08. The van der Waals surface area contributed by atoms with Gasteiger partial charge in [0.2, 0.25) is 0 Å². The standard InChI is InChI=1S/C9H17NO2/c1-3-5-6-9(10,4-2)7-8(11)12/h3H,1,4-7,10H2,2H3,(H,11,12)/t9-/m1/s1. The van der Waals surface area contributed by atoms with Gasteiger partial charge in [-0.25, -0.2) is 0 Å². The maximum atomic E-state index is 10.4. The minimum atomic E-state index is -0.830. The van der Waals surface area contributed by atoms with Crippen molar-refractivity contribution in [3.05, 3.63) is 12.7 Å². The van der Waals surface area contributed by atoms with Crippen molar-refractivity contribution in [1.82, 2.24) is 0 Å². The first-order valence-corrected chi connectivity index (χ1v) is 4.15. The lowest BCUT2D eigenvalue weighted by Crippen LogP contribution is -2.41. The summed E-state index contributed by atoms with van der Waals surface area (Å²) in [7, 11) is 0. The molecule has 0 saturated carbocycles. The summed E-state index contributed by atoms with van der Waals surface area (Å²) in [5.74, 6) is -0.830. The molecular formula is C9H17NO2. The van der Waals surface area contributed by atoms with Crippen LogP contribution in [-0.4, -0.2) is 16.6 Å². The summed E-state index contributed by atoms with van der Waals surface area (Å²) in [6, 6.07) is 0. The Labute approximate surface area is 73.3 Å². The smallest absolute Gasteiger partial charge is 0.305 e. The summed E-state index contributed by atoms with van der Waals surface area (Å²) in [5, 5.41) is 8.57. The molecule has 12 heavy (non-hydrogen) atoms. The Balaban J connectivity index is 4.03. The van der Waals surface area contributed by atoms with Gasteiger partial charge in [0, 0.05) is 5.54 Å². The fourth-order valence-corrected chi connectivity index (χ4v) is 1.08. The Morgan fingerprint density at radius 3 is 2.67 bits per heavy atom. The summed E-state index contributed by atoms with van der Waals surface area (Å²) in [6.07, 6.45) is 3.96. The molecule has 0 bridgehead atoms. The molecule has 0 aromatic rings. The van der Waals surface area contributed by atoms with Gasteiger partial charge in [0.05, 0.1) is 6.42 Å².